The molecular weight excluding hydrogens is 271 g/mol. The number of thiazole rings is 1. The lowest BCUT2D eigenvalue weighted by molar-refractivity contribution is -0.141. The van der Waals surface area contributed by atoms with Gasteiger partial charge in [0.05, 0.1) is 10.6 Å². The Labute approximate surface area is 111 Å². The molecular formula is C12H9FN2O3S. The molecule has 0 radical (unpaired) electrons. The van der Waals surface area contributed by atoms with Crippen molar-refractivity contribution in [2.75, 3.05) is 11.4 Å². The minimum absolute atomic E-state index is 0.0340. The maximum atomic E-state index is 13.5. The third-order valence-electron chi connectivity index (χ3n) is 3.06. The molecule has 7 heteroatoms. The lowest BCUT2D eigenvalue weighted by atomic mass is 10.1. The van der Waals surface area contributed by atoms with E-state index in [1.807, 2.05) is 0 Å². The van der Waals surface area contributed by atoms with Crippen molar-refractivity contribution in [1.82, 2.24) is 4.98 Å². The fourth-order valence-electron chi connectivity index (χ4n) is 2.08. The van der Waals surface area contributed by atoms with Gasteiger partial charge in [-0.1, -0.05) is 17.4 Å². The fourth-order valence-corrected chi connectivity index (χ4v) is 3.08. The van der Waals surface area contributed by atoms with E-state index in [0.29, 0.717) is 9.83 Å². The third-order valence-corrected chi connectivity index (χ3v) is 4.11. The van der Waals surface area contributed by atoms with E-state index in [4.69, 9.17) is 5.11 Å². The Hall–Kier alpha value is -2.02. The monoisotopic (exact) mass is 280 g/mol. The molecule has 3 rings (SSSR count). The molecule has 1 aromatic heterocycles. The van der Waals surface area contributed by atoms with Crippen molar-refractivity contribution in [1.29, 1.82) is 0 Å². The molecule has 0 spiro atoms. The first-order chi connectivity index (χ1) is 9.06. The summed E-state index contributed by atoms with van der Waals surface area (Å²) < 4.78 is 14.2. The first-order valence-corrected chi connectivity index (χ1v) is 6.46. The zero-order chi connectivity index (χ0) is 13.6. The van der Waals surface area contributed by atoms with Gasteiger partial charge in [0.25, 0.3) is 0 Å². The molecule has 0 bridgehead atoms. The van der Waals surface area contributed by atoms with Crippen molar-refractivity contribution in [2.24, 2.45) is 5.92 Å². The molecule has 1 fully saturated rings. The van der Waals surface area contributed by atoms with Gasteiger partial charge in [0.2, 0.25) is 5.91 Å². The van der Waals surface area contributed by atoms with Crippen LogP contribution in [0.5, 0.6) is 0 Å². The maximum absolute atomic E-state index is 13.5. The molecule has 0 aliphatic carbocycles. The van der Waals surface area contributed by atoms with Crippen LogP contribution in [0.4, 0.5) is 9.52 Å². The summed E-state index contributed by atoms with van der Waals surface area (Å²) in [6.45, 7) is 0.0929. The summed E-state index contributed by atoms with van der Waals surface area (Å²) in [6.07, 6.45) is -0.0340. The van der Waals surface area contributed by atoms with Crippen LogP contribution in [0.3, 0.4) is 0 Å². The number of carbonyl (C=O) groups is 2. The molecule has 5 nitrogen and oxygen atoms in total. The van der Waals surface area contributed by atoms with Gasteiger partial charge in [-0.25, -0.2) is 9.37 Å². The van der Waals surface area contributed by atoms with E-state index in [1.165, 1.54) is 22.3 Å². The van der Waals surface area contributed by atoms with Crippen molar-refractivity contribution in [3.8, 4) is 0 Å². The van der Waals surface area contributed by atoms with Crippen LogP contribution < -0.4 is 4.90 Å². The van der Waals surface area contributed by atoms with Crippen LogP contribution in [0.2, 0.25) is 0 Å². The van der Waals surface area contributed by atoms with Gasteiger partial charge in [0.15, 0.2) is 5.13 Å². The molecule has 2 heterocycles. The second kappa shape index (κ2) is 4.27. The molecule has 1 amide bonds. The number of carboxylic acid groups (broad SMARTS) is 1. The summed E-state index contributed by atoms with van der Waals surface area (Å²) in [4.78, 5) is 28.1. The van der Waals surface area contributed by atoms with Crippen LogP contribution in [0.15, 0.2) is 18.2 Å². The minimum Gasteiger partial charge on any atom is -0.481 e. The Morgan fingerprint density at radius 2 is 2.32 bits per heavy atom. The molecule has 1 aromatic carbocycles. The number of benzene rings is 1. The fraction of sp³-hybridized carbons (Fsp3) is 0.250. The number of aliphatic carboxylic acids is 1. The average molecular weight is 280 g/mol. The van der Waals surface area contributed by atoms with E-state index < -0.39 is 17.7 Å². The van der Waals surface area contributed by atoms with Gasteiger partial charge in [-0.2, -0.15) is 0 Å². The largest absolute Gasteiger partial charge is 0.481 e. The number of hydrogen-bond acceptors (Lipinski definition) is 4. The summed E-state index contributed by atoms with van der Waals surface area (Å²) >= 11 is 1.19. The van der Waals surface area contributed by atoms with Gasteiger partial charge in [-0.3, -0.25) is 14.5 Å². The third kappa shape index (κ3) is 1.95. The SMILES string of the molecule is O=C(O)C1CC(=O)N(c2nc3c(F)cccc3s2)C1. The Morgan fingerprint density at radius 3 is 2.95 bits per heavy atom. The van der Waals surface area contributed by atoms with E-state index >= 15 is 0 Å². The number of fused-ring (bicyclic) bond motifs is 1. The maximum Gasteiger partial charge on any atom is 0.308 e. The first kappa shape index (κ1) is 12.0. The number of anilines is 1. The highest BCUT2D eigenvalue weighted by Crippen LogP contribution is 2.33. The standard InChI is InChI=1S/C12H9FN2O3S/c13-7-2-1-3-8-10(7)14-12(19-8)15-5-6(11(17)18)4-9(15)16/h1-3,6H,4-5H2,(H,17,18). The Kier molecular flexibility index (Phi) is 2.70. The van der Waals surface area contributed by atoms with Crippen LogP contribution in [0, 0.1) is 11.7 Å². The second-order valence-electron chi connectivity index (χ2n) is 4.33. The number of carboxylic acids is 1. The number of nitrogens with zero attached hydrogens (tertiary/aromatic N) is 2. The first-order valence-electron chi connectivity index (χ1n) is 5.64. The molecule has 19 heavy (non-hydrogen) atoms. The quantitative estimate of drug-likeness (QED) is 0.911. The smallest absolute Gasteiger partial charge is 0.308 e. The Morgan fingerprint density at radius 1 is 1.53 bits per heavy atom. The zero-order valence-electron chi connectivity index (χ0n) is 9.67. The second-order valence-corrected chi connectivity index (χ2v) is 5.34. The van der Waals surface area contributed by atoms with Crippen LogP contribution in [0.1, 0.15) is 6.42 Å². The van der Waals surface area contributed by atoms with Gasteiger partial charge in [0.1, 0.15) is 11.3 Å². The van der Waals surface area contributed by atoms with Gasteiger partial charge in [-0.15, -0.1) is 0 Å². The van der Waals surface area contributed by atoms with E-state index in [-0.39, 0.29) is 24.4 Å². The lowest BCUT2D eigenvalue weighted by Gasteiger charge is -2.10. The van der Waals surface area contributed by atoms with Crippen molar-refractivity contribution >= 4 is 38.6 Å². The Balaban J connectivity index is 1.99. The highest BCUT2D eigenvalue weighted by Gasteiger charge is 2.36. The van der Waals surface area contributed by atoms with Crippen LogP contribution in [-0.2, 0) is 9.59 Å². The van der Waals surface area contributed by atoms with E-state index in [1.54, 1.807) is 12.1 Å². The molecule has 1 aliphatic heterocycles. The van der Waals surface area contributed by atoms with Crippen molar-refractivity contribution in [3.05, 3.63) is 24.0 Å². The predicted molar refractivity (Wildman–Crippen MR) is 67.7 cm³/mol. The van der Waals surface area contributed by atoms with Crippen molar-refractivity contribution in [2.45, 2.75) is 6.42 Å². The number of aromatic nitrogens is 1. The molecule has 2 aromatic rings. The summed E-state index contributed by atoms with van der Waals surface area (Å²) in [5.74, 6) is -2.44. The van der Waals surface area contributed by atoms with E-state index in [2.05, 4.69) is 4.98 Å². The van der Waals surface area contributed by atoms with Crippen molar-refractivity contribution in [3.63, 3.8) is 0 Å². The lowest BCUT2D eigenvalue weighted by Crippen LogP contribution is -2.25. The number of para-hydroxylation sites is 1. The van der Waals surface area contributed by atoms with Crippen molar-refractivity contribution < 1.29 is 19.1 Å². The highest BCUT2D eigenvalue weighted by atomic mass is 32.1. The molecule has 1 saturated heterocycles. The summed E-state index contributed by atoms with van der Waals surface area (Å²) in [6, 6.07) is 4.60. The minimum atomic E-state index is -0.997. The van der Waals surface area contributed by atoms with Crippen LogP contribution >= 0.6 is 11.3 Å². The van der Waals surface area contributed by atoms with Gasteiger partial charge in [-0.05, 0) is 12.1 Å². The zero-order valence-corrected chi connectivity index (χ0v) is 10.5. The summed E-state index contributed by atoms with van der Waals surface area (Å²) in [5.41, 5.74) is 0.217. The van der Waals surface area contributed by atoms with Crippen LogP contribution in [-0.4, -0.2) is 28.5 Å². The molecule has 1 atom stereocenters. The summed E-state index contributed by atoms with van der Waals surface area (Å²) in [7, 11) is 0. The number of amides is 1. The highest BCUT2D eigenvalue weighted by molar-refractivity contribution is 7.22. The van der Waals surface area contributed by atoms with E-state index in [0.717, 1.165) is 0 Å². The van der Waals surface area contributed by atoms with E-state index in [9.17, 15) is 14.0 Å². The summed E-state index contributed by atoms with van der Waals surface area (Å²) in [5, 5.41) is 9.28. The molecule has 1 unspecified atom stereocenters. The van der Waals surface area contributed by atoms with Gasteiger partial charge >= 0.3 is 5.97 Å². The van der Waals surface area contributed by atoms with Crippen LogP contribution in [0.25, 0.3) is 10.2 Å². The molecule has 1 N–H and O–H groups in total. The predicted octanol–water partition coefficient (Wildman–Crippen LogP) is 1.87. The molecule has 0 saturated carbocycles. The Bertz CT molecular complexity index is 685. The normalized spacial score (nSPS) is 19.3. The molecule has 98 valence electrons. The number of halogens is 1. The number of carbonyl (C=O) groups excluding carboxylic acids is 1. The number of rotatable bonds is 2. The van der Waals surface area contributed by atoms with Gasteiger partial charge < -0.3 is 5.11 Å². The topological polar surface area (TPSA) is 70.5 Å². The number of hydrogen-bond donors (Lipinski definition) is 1. The average Bonchev–Trinajstić information content (AvgIpc) is 2.93. The van der Waals surface area contributed by atoms with Gasteiger partial charge in [0, 0.05) is 13.0 Å². The molecule has 1 aliphatic rings.